The molecule has 2 aromatic heterocycles. The summed E-state index contributed by atoms with van der Waals surface area (Å²) >= 11 is 0. The summed E-state index contributed by atoms with van der Waals surface area (Å²) in [5.74, 6) is 1.21. The van der Waals surface area contributed by atoms with Gasteiger partial charge in [-0.15, -0.1) is 0 Å². The normalized spacial score (nSPS) is 10.7. The fourth-order valence-corrected chi connectivity index (χ4v) is 1.64. The first-order valence-electron chi connectivity index (χ1n) is 5.63. The smallest absolute Gasteiger partial charge is 0.228 e. The molecule has 0 unspecified atom stereocenters. The van der Waals surface area contributed by atoms with Crippen molar-refractivity contribution in [1.29, 1.82) is 0 Å². The molecule has 0 aliphatic heterocycles. The van der Waals surface area contributed by atoms with Crippen molar-refractivity contribution in [2.24, 2.45) is 0 Å². The van der Waals surface area contributed by atoms with Gasteiger partial charge in [-0.2, -0.15) is 4.98 Å². The first kappa shape index (κ1) is 10.6. The molecule has 0 saturated carbocycles. The minimum Gasteiger partial charge on any atom is -0.354 e. The zero-order valence-electron chi connectivity index (χ0n) is 9.58. The van der Waals surface area contributed by atoms with E-state index in [0.717, 1.165) is 10.9 Å². The fraction of sp³-hybridized carbons (Fsp3) is 0.167. The van der Waals surface area contributed by atoms with Crippen molar-refractivity contribution >= 4 is 16.9 Å². The number of para-hydroxylation sites is 1. The van der Waals surface area contributed by atoms with Gasteiger partial charge in [-0.3, -0.25) is 0 Å². The lowest BCUT2D eigenvalue weighted by Gasteiger charge is -2.03. The fourth-order valence-electron chi connectivity index (χ4n) is 1.64. The standard InChI is InChI=1S/C12H11N5O/c1-2-4-10-9(3-1)7-14-12(17-10)13-6-5-11-15-8-16-18-11/h1-4,7-8H,5-6H2,(H,13,14,17). The average molecular weight is 241 g/mol. The van der Waals surface area contributed by atoms with Crippen LogP contribution in [0.1, 0.15) is 5.89 Å². The van der Waals surface area contributed by atoms with Gasteiger partial charge in [-0.25, -0.2) is 9.97 Å². The monoisotopic (exact) mass is 241 g/mol. The Labute approximate surface area is 103 Å². The van der Waals surface area contributed by atoms with Crippen LogP contribution in [0, 0.1) is 0 Å². The second-order valence-electron chi connectivity index (χ2n) is 3.76. The largest absolute Gasteiger partial charge is 0.354 e. The number of rotatable bonds is 4. The van der Waals surface area contributed by atoms with Crippen molar-refractivity contribution in [1.82, 2.24) is 20.1 Å². The Kier molecular flexibility index (Phi) is 2.83. The number of hydrogen-bond donors (Lipinski definition) is 1. The highest BCUT2D eigenvalue weighted by Crippen LogP contribution is 2.11. The van der Waals surface area contributed by atoms with E-state index in [1.165, 1.54) is 6.33 Å². The molecule has 0 radical (unpaired) electrons. The van der Waals surface area contributed by atoms with Crippen molar-refractivity contribution in [3.63, 3.8) is 0 Å². The molecule has 0 spiro atoms. The van der Waals surface area contributed by atoms with Gasteiger partial charge in [0.1, 0.15) is 0 Å². The third kappa shape index (κ3) is 2.27. The Morgan fingerprint density at radius 1 is 1.17 bits per heavy atom. The van der Waals surface area contributed by atoms with Crippen LogP contribution >= 0.6 is 0 Å². The van der Waals surface area contributed by atoms with Gasteiger partial charge >= 0.3 is 0 Å². The Hall–Kier alpha value is -2.50. The number of anilines is 1. The van der Waals surface area contributed by atoms with Crippen LogP contribution in [0.3, 0.4) is 0 Å². The molecule has 0 bridgehead atoms. The van der Waals surface area contributed by atoms with Gasteiger partial charge in [-0.05, 0) is 6.07 Å². The van der Waals surface area contributed by atoms with Crippen LogP contribution < -0.4 is 5.32 Å². The van der Waals surface area contributed by atoms with Crippen LogP contribution in [0.2, 0.25) is 0 Å². The van der Waals surface area contributed by atoms with Crippen molar-refractivity contribution in [2.75, 3.05) is 11.9 Å². The predicted molar refractivity (Wildman–Crippen MR) is 66.0 cm³/mol. The maximum Gasteiger partial charge on any atom is 0.228 e. The molecule has 6 heteroatoms. The Bertz CT molecular complexity index is 638. The van der Waals surface area contributed by atoms with Crippen LogP contribution in [0.15, 0.2) is 41.3 Å². The number of hydrogen-bond acceptors (Lipinski definition) is 6. The third-order valence-electron chi connectivity index (χ3n) is 2.52. The summed E-state index contributed by atoms with van der Waals surface area (Å²) in [6.45, 7) is 0.653. The van der Waals surface area contributed by atoms with E-state index < -0.39 is 0 Å². The van der Waals surface area contributed by atoms with Crippen LogP contribution in [0.4, 0.5) is 5.95 Å². The van der Waals surface area contributed by atoms with E-state index in [9.17, 15) is 0 Å². The van der Waals surface area contributed by atoms with E-state index in [2.05, 4.69) is 25.4 Å². The molecule has 0 amide bonds. The molecule has 0 aliphatic rings. The van der Waals surface area contributed by atoms with E-state index in [4.69, 9.17) is 4.52 Å². The molecule has 90 valence electrons. The first-order chi connectivity index (χ1) is 8.92. The van der Waals surface area contributed by atoms with Gasteiger partial charge in [-0.1, -0.05) is 23.4 Å². The summed E-state index contributed by atoms with van der Waals surface area (Å²) in [6, 6.07) is 7.86. The van der Waals surface area contributed by atoms with Gasteiger partial charge in [0.25, 0.3) is 0 Å². The topological polar surface area (TPSA) is 76.7 Å². The van der Waals surface area contributed by atoms with E-state index in [1.807, 2.05) is 24.3 Å². The number of aromatic nitrogens is 4. The minimum atomic E-state index is 0.600. The molecule has 18 heavy (non-hydrogen) atoms. The van der Waals surface area contributed by atoms with E-state index in [-0.39, 0.29) is 0 Å². The number of fused-ring (bicyclic) bond motifs is 1. The molecule has 0 fully saturated rings. The Morgan fingerprint density at radius 3 is 3.00 bits per heavy atom. The molecular weight excluding hydrogens is 230 g/mol. The zero-order chi connectivity index (χ0) is 12.2. The molecule has 1 aromatic carbocycles. The number of nitrogens with zero attached hydrogens (tertiary/aromatic N) is 4. The van der Waals surface area contributed by atoms with Crippen molar-refractivity contribution in [3.8, 4) is 0 Å². The quantitative estimate of drug-likeness (QED) is 0.748. The molecule has 0 atom stereocenters. The first-order valence-corrected chi connectivity index (χ1v) is 5.63. The van der Waals surface area contributed by atoms with E-state index >= 15 is 0 Å². The Balaban J connectivity index is 1.67. The van der Waals surface area contributed by atoms with Crippen LogP contribution in [-0.2, 0) is 6.42 Å². The third-order valence-corrected chi connectivity index (χ3v) is 2.52. The molecule has 1 N–H and O–H groups in total. The summed E-state index contributed by atoms with van der Waals surface area (Å²) in [5, 5.41) is 7.70. The van der Waals surface area contributed by atoms with Crippen molar-refractivity contribution in [3.05, 3.63) is 42.7 Å². The highest BCUT2D eigenvalue weighted by atomic mass is 16.5. The summed E-state index contributed by atoms with van der Waals surface area (Å²) in [6.07, 6.45) is 3.84. The van der Waals surface area contributed by atoms with Gasteiger partial charge < -0.3 is 9.84 Å². The second kappa shape index (κ2) is 4.79. The molecule has 6 nitrogen and oxygen atoms in total. The minimum absolute atomic E-state index is 0.600. The average Bonchev–Trinajstić information content (AvgIpc) is 2.92. The summed E-state index contributed by atoms with van der Waals surface area (Å²) in [4.78, 5) is 12.6. The van der Waals surface area contributed by atoms with Crippen LogP contribution in [-0.4, -0.2) is 26.7 Å². The van der Waals surface area contributed by atoms with Crippen molar-refractivity contribution < 1.29 is 4.52 Å². The molecule has 3 aromatic rings. The number of nitrogens with one attached hydrogen (secondary N) is 1. The van der Waals surface area contributed by atoms with E-state index in [0.29, 0.717) is 24.8 Å². The van der Waals surface area contributed by atoms with Gasteiger partial charge in [0.2, 0.25) is 11.8 Å². The number of benzene rings is 1. The van der Waals surface area contributed by atoms with Crippen LogP contribution in [0.5, 0.6) is 0 Å². The summed E-state index contributed by atoms with van der Waals surface area (Å²) < 4.78 is 4.90. The zero-order valence-corrected chi connectivity index (χ0v) is 9.58. The lowest BCUT2D eigenvalue weighted by Crippen LogP contribution is -2.08. The van der Waals surface area contributed by atoms with Gasteiger partial charge in [0.05, 0.1) is 5.52 Å². The predicted octanol–water partition coefficient (Wildman–Crippen LogP) is 1.67. The summed E-state index contributed by atoms with van der Waals surface area (Å²) in [5.41, 5.74) is 0.924. The maximum absolute atomic E-state index is 4.90. The maximum atomic E-state index is 4.90. The molecule has 3 rings (SSSR count). The lowest BCUT2D eigenvalue weighted by atomic mass is 10.2. The molecular formula is C12H11N5O. The van der Waals surface area contributed by atoms with Crippen molar-refractivity contribution in [2.45, 2.75) is 6.42 Å². The van der Waals surface area contributed by atoms with Crippen LogP contribution in [0.25, 0.3) is 10.9 Å². The molecule has 2 heterocycles. The van der Waals surface area contributed by atoms with Gasteiger partial charge in [0, 0.05) is 24.5 Å². The highest BCUT2D eigenvalue weighted by Gasteiger charge is 2.01. The summed E-state index contributed by atoms with van der Waals surface area (Å²) in [7, 11) is 0. The molecule has 0 aliphatic carbocycles. The molecule has 0 saturated heterocycles. The lowest BCUT2D eigenvalue weighted by molar-refractivity contribution is 0.379. The Morgan fingerprint density at radius 2 is 2.11 bits per heavy atom. The SMILES string of the molecule is c1ccc2nc(NCCc3ncno3)ncc2c1. The highest BCUT2D eigenvalue weighted by molar-refractivity contribution is 5.78. The van der Waals surface area contributed by atoms with Gasteiger partial charge in [0.15, 0.2) is 6.33 Å². The van der Waals surface area contributed by atoms with E-state index in [1.54, 1.807) is 6.20 Å². The second-order valence-corrected chi connectivity index (χ2v) is 3.76.